The van der Waals surface area contributed by atoms with Crippen LogP contribution in [0.5, 0.6) is 0 Å². The molecule has 0 aromatic carbocycles. The van der Waals surface area contributed by atoms with Crippen molar-refractivity contribution < 1.29 is 13.2 Å². The second kappa shape index (κ2) is 6.70. The van der Waals surface area contributed by atoms with Gasteiger partial charge >= 0.3 is 0 Å². The molecule has 8 nitrogen and oxygen atoms in total. The Morgan fingerprint density at radius 1 is 1.33 bits per heavy atom. The third-order valence-corrected chi connectivity index (χ3v) is 5.20. The van der Waals surface area contributed by atoms with Crippen LogP contribution in [0.15, 0.2) is 36.8 Å². The van der Waals surface area contributed by atoms with E-state index in [9.17, 15) is 13.2 Å². The lowest BCUT2D eigenvalue weighted by Crippen LogP contribution is -2.38. The fourth-order valence-corrected chi connectivity index (χ4v) is 3.56. The maximum absolute atomic E-state index is 12.1. The number of aromatic nitrogens is 3. The van der Waals surface area contributed by atoms with Gasteiger partial charge in [0.15, 0.2) is 0 Å². The molecular formula is C15H19N5O3S. The highest BCUT2D eigenvalue weighted by Gasteiger charge is 2.27. The van der Waals surface area contributed by atoms with Crippen molar-refractivity contribution in [1.82, 2.24) is 24.4 Å². The van der Waals surface area contributed by atoms with E-state index in [0.29, 0.717) is 31.7 Å². The molecule has 0 spiro atoms. The van der Waals surface area contributed by atoms with Crippen molar-refractivity contribution in [1.29, 1.82) is 0 Å². The minimum Gasteiger partial charge on any atom is -0.352 e. The summed E-state index contributed by atoms with van der Waals surface area (Å²) in [5, 5.41) is 7.09. The monoisotopic (exact) mass is 349 g/mol. The van der Waals surface area contributed by atoms with Crippen molar-refractivity contribution in [3.63, 3.8) is 0 Å². The van der Waals surface area contributed by atoms with Crippen LogP contribution in [0.25, 0.3) is 0 Å². The molecule has 3 heterocycles. The molecule has 1 unspecified atom stereocenters. The van der Waals surface area contributed by atoms with Gasteiger partial charge in [-0.3, -0.25) is 14.5 Å². The first-order valence-corrected chi connectivity index (χ1v) is 9.42. The van der Waals surface area contributed by atoms with Crippen molar-refractivity contribution >= 4 is 15.9 Å². The van der Waals surface area contributed by atoms with Crippen molar-refractivity contribution in [3.8, 4) is 0 Å². The Labute approximate surface area is 140 Å². The topological polar surface area (TPSA) is 97.2 Å². The number of nitrogens with zero attached hydrogens (tertiary/aromatic N) is 4. The van der Waals surface area contributed by atoms with Gasteiger partial charge < -0.3 is 5.32 Å². The molecule has 0 fully saturated rings. The molecule has 24 heavy (non-hydrogen) atoms. The van der Waals surface area contributed by atoms with Gasteiger partial charge in [0.1, 0.15) is 0 Å². The standard InChI is InChI=1S/C15H19N5O3S/c1-24(22,23)19-9-12(10-20-14(11-19)4-6-18-20)7-17-15(21)13-3-2-5-16-8-13/h2-6,8,12H,7,9-11H2,1H3,(H,17,21). The van der Waals surface area contributed by atoms with Crippen LogP contribution in [0.2, 0.25) is 0 Å². The molecule has 2 aromatic heterocycles. The highest BCUT2D eigenvalue weighted by atomic mass is 32.2. The molecule has 0 saturated carbocycles. The molecule has 2 aromatic rings. The molecule has 1 atom stereocenters. The summed E-state index contributed by atoms with van der Waals surface area (Å²) in [5.74, 6) is -0.291. The van der Waals surface area contributed by atoms with Crippen LogP contribution in [0.1, 0.15) is 16.1 Å². The number of sulfonamides is 1. The average molecular weight is 349 g/mol. The van der Waals surface area contributed by atoms with Gasteiger partial charge in [0, 0.05) is 44.1 Å². The number of hydrogen-bond acceptors (Lipinski definition) is 5. The lowest BCUT2D eigenvalue weighted by molar-refractivity contribution is 0.0944. The molecule has 1 aliphatic rings. The maximum atomic E-state index is 12.1. The quantitative estimate of drug-likeness (QED) is 0.844. The molecule has 1 aliphatic heterocycles. The van der Waals surface area contributed by atoms with E-state index in [4.69, 9.17) is 0 Å². The Kier molecular flexibility index (Phi) is 4.63. The van der Waals surface area contributed by atoms with E-state index in [1.54, 1.807) is 29.2 Å². The first-order chi connectivity index (χ1) is 11.4. The minimum atomic E-state index is -3.32. The number of pyridine rings is 1. The van der Waals surface area contributed by atoms with Crippen molar-refractivity contribution in [3.05, 3.63) is 48.0 Å². The molecule has 1 N–H and O–H groups in total. The van der Waals surface area contributed by atoms with Crippen LogP contribution in [0.4, 0.5) is 0 Å². The number of carbonyl (C=O) groups is 1. The third-order valence-electron chi connectivity index (χ3n) is 3.98. The van der Waals surface area contributed by atoms with E-state index in [2.05, 4.69) is 15.4 Å². The molecule has 0 bridgehead atoms. The highest BCUT2D eigenvalue weighted by molar-refractivity contribution is 7.88. The molecule has 128 valence electrons. The maximum Gasteiger partial charge on any atom is 0.252 e. The van der Waals surface area contributed by atoms with E-state index in [1.165, 1.54) is 16.8 Å². The third kappa shape index (κ3) is 3.80. The highest BCUT2D eigenvalue weighted by Crippen LogP contribution is 2.17. The van der Waals surface area contributed by atoms with Crippen LogP contribution in [0, 0.1) is 5.92 Å². The SMILES string of the molecule is CS(=O)(=O)N1Cc2ccnn2CC(CNC(=O)c2cccnc2)C1. The number of fused-ring (bicyclic) bond motifs is 1. The lowest BCUT2D eigenvalue weighted by Gasteiger charge is -2.22. The van der Waals surface area contributed by atoms with Crippen molar-refractivity contribution in [2.75, 3.05) is 19.3 Å². The molecule has 1 amide bonds. The lowest BCUT2D eigenvalue weighted by atomic mass is 10.1. The Morgan fingerprint density at radius 2 is 2.17 bits per heavy atom. The van der Waals surface area contributed by atoms with Crippen LogP contribution >= 0.6 is 0 Å². The van der Waals surface area contributed by atoms with E-state index in [1.807, 2.05) is 6.07 Å². The van der Waals surface area contributed by atoms with E-state index in [0.717, 1.165) is 5.69 Å². The molecule has 0 aliphatic carbocycles. The summed E-state index contributed by atoms with van der Waals surface area (Å²) in [5.41, 5.74) is 1.33. The first kappa shape index (κ1) is 16.6. The summed E-state index contributed by atoms with van der Waals surface area (Å²) in [6, 6.07) is 5.20. The van der Waals surface area contributed by atoms with Crippen molar-refractivity contribution in [2.24, 2.45) is 5.92 Å². The molecule has 3 rings (SSSR count). The van der Waals surface area contributed by atoms with Gasteiger partial charge in [-0.15, -0.1) is 0 Å². The van der Waals surface area contributed by atoms with Crippen LogP contribution in [-0.2, 0) is 23.1 Å². The van der Waals surface area contributed by atoms with Gasteiger partial charge in [-0.05, 0) is 18.2 Å². The predicted molar refractivity (Wildman–Crippen MR) is 87.5 cm³/mol. The van der Waals surface area contributed by atoms with Crippen LogP contribution in [0.3, 0.4) is 0 Å². The Morgan fingerprint density at radius 3 is 2.88 bits per heavy atom. The molecular weight excluding hydrogens is 330 g/mol. The second-order valence-electron chi connectivity index (χ2n) is 5.88. The Hall–Kier alpha value is -2.26. The number of hydrogen-bond donors (Lipinski definition) is 1. The van der Waals surface area contributed by atoms with Crippen LogP contribution < -0.4 is 5.32 Å². The summed E-state index contributed by atoms with van der Waals surface area (Å²) in [4.78, 5) is 16.1. The van der Waals surface area contributed by atoms with E-state index >= 15 is 0 Å². The fourth-order valence-electron chi connectivity index (χ4n) is 2.71. The van der Waals surface area contributed by atoms with Crippen molar-refractivity contribution in [2.45, 2.75) is 13.1 Å². The number of carbonyl (C=O) groups excluding carboxylic acids is 1. The van der Waals surface area contributed by atoms with Gasteiger partial charge in [-0.2, -0.15) is 9.40 Å². The summed E-state index contributed by atoms with van der Waals surface area (Å²) < 4.78 is 27.2. The summed E-state index contributed by atoms with van der Waals surface area (Å²) in [7, 11) is -3.32. The smallest absolute Gasteiger partial charge is 0.252 e. The van der Waals surface area contributed by atoms with Gasteiger partial charge in [0.2, 0.25) is 10.0 Å². The molecule has 0 radical (unpaired) electrons. The fraction of sp³-hybridized carbons (Fsp3) is 0.400. The average Bonchev–Trinajstić information content (AvgIpc) is 2.90. The molecule has 9 heteroatoms. The summed E-state index contributed by atoms with van der Waals surface area (Å²) >= 11 is 0. The van der Waals surface area contributed by atoms with Gasteiger partial charge in [0.05, 0.1) is 24.1 Å². The zero-order chi connectivity index (χ0) is 17.2. The summed E-state index contributed by atoms with van der Waals surface area (Å²) in [6.07, 6.45) is 5.96. The zero-order valence-electron chi connectivity index (χ0n) is 13.3. The summed E-state index contributed by atoms with van der Waals surface area (Å²) in [6.45, 7) is 1.56. The normalized spacial score (nSPS) is 18.6. The first-order valence-electron chi connectivity index (χ1n) is 7.57. The number of rotatable bonds is 4. The van der Waals surface area contributed by atoms with E-state index in [-0.39, 0.29) is 11.8 Å². The van der Waals surface area contributed by atoms with Gasteiger partial charge in [-0.25, -0.2) is 8.42 Å². The predicted octanol–water partition coefficient (Wildman–Crippen LogP) is 0.0995. The van der Waals surface area contributed by atoms with Gasteiger partial charge in [0.25, 0.3) is 5.91 Å². The number of nitrogens with one attached hydrogen (secondary N) is 1. The molecule has 0 saturated heterocycles. The van der Waals surface area contributed by atoms with Crippen LogP contribution in [-0.4, -0.2) is 52.7 Å². The van der Waals surface area contributed by atoms with Gasteiger partial charge in [-0.1, -0.05) is 0 Å². The Bertz CT molecular complexity index is 819. The van der Waals surface area contributed by atoms with E-state index < -0.39 is 10.0 Å². The Balaban J connectivity index is 1.71. The number of amides is 1. The minimum absolute atomic E-state index is 0.0681. The zero-order valence-corrected chi connectivity index (χ0v) is 14.1. The largest absolute Gasteiger partial charge is 0.352 e. The second-order valence-corrected chi connectivity index (χ2v) is 7.86.